The van der Waals surface area contributed by atoms with E-state index in [0.29, 0.717) is 27.8 Å². The number of ketones is 1. The molecule has 1 fully saturated rings. The van der Waals surface area contributed by atoms with Gasteiger partial charge in [-0.15, -0.1) is 0 Å². The van der Waals surface area contributed by atoms with Gasteiger partial charge in [-0.1, -0.05) is 42.6 Å². The SMILES string of the molecule is O=C(CNc1ccc2c(c1)OCO2)CS(=O)CC(=O)N(CC(=O)NC1CCCC1)Cc1ccccc1Cl. The van der Waals surface area contributed by atoms with Crippen LogP contribution in [0.4, 0.5) is 5.69 Å². The van der Waals surface area contributed by atoms with Crippen molar-refractivity contribution in [2.75, 3.05) is 36.7 Å². The molecule has 1 unspecified atom stereocenters. The molecule has 1 heterocycles. The van der Waals surface area contributed by atoms with Gasteiger partial charge in [-0.2, -0.15) is 0 Å². The van der Waals surface area contributed by atoms with Gasteiger partial charge < -0.3 is 25.0 Å². The van der Waals surface area contributed by atoms with E-state index in [2.05, 4.69) is 10.6 Å². The summed E-state index contributed by atoms with van der Waals surface area (Å²) in [5.41, 5.74) is 1.35. The number of ether oxygens (including phenoxy) is 2. The molecule has 4 rings (SSSR count). The molecule has 0 bridgehead atoms. The van der Waals surface area contributed by atoms with Crippen LogP contribution in [-0.4, -0.2) is 64.1 Å². The van der Waals surface area contributed by atoms with E-state index in [1.165, 1.54) is 4.90 Å². The number of carbonyl (C=O) groups is 3. The van der Waals surface area contributed by atoms with E-state index in [-0.39, 0.29) is 55.7 Å². The number of fused-ring (bicyclic) bond motifs is 1. The van der Waals surface area contributed by atoms with Crippen LogP contribution < -0.4 is 20.1 Å². The van der Waals surface area contributed by atoms with Gasteiger partial charge in [0.15, 0.2) is 17.3 Å². The number of amides is 2. The highest BCUT2D eigenvalue weighted by Crippen LogP contribution is 2.34. The molecule has 1 saturated carbocycles. The summed E-state index contributed by atoms with van der Waals surface area (Å²) < 4.78 is 23.2. The van der Waals surface area contributed by atoms with E-state index < -0.39 is 16.7 Å². The summed E-state index contributed by atoms with van der Waals surface area (Å²) in [6.45, 7) is 0.0396. The van der Waals surface area contributed by atoms with Crippen LogP contribution in [0, 0.1) is 0 Å². The van der Waals surface area contributed by atoms with Gasteiger partial charge in [0.1, 0.15) is 5.75 Å². The third-order valence-electron chi connectivity index (χ3n) is 6.20. The molecule has 1 aliphatic heterocycles. The maximum atomic E-state index is 13.1. The molecule has 2 N–H and O–H groups in total. The molecule has 9 nitrogen and oxygen atoms in total. The molecule has 2 amide bonds. The van der Waals surface area contributed by atoms with Crippen molar-refractivity contribution in [2.24, 2.45) is 0 Å². The average molecular weight is 548 g/mol. The lowest BCUT2D eigenvalue weighted by Crippen LogP contribution is -2.44. The number of carbonyl (C=O) groups excluding carboxylic acids is 3. The second-order valence-corrected chi connectivity index (χ2v) is 10.9. The molecule has 0 radical (unpaired) electrons. The second-order valence-electron chi connectivity index (χ2n) is 9.08. The minimum absolute atomic E-state index is 0.0489. The largest absolute Gasteiger partial charge is 0.454 e. The van der Waals surface area contributed by atoms with E-state index >= 15 is 0 Å². The standard InChI is InChI=1S/C26H30ClN3O6S/c27-22-8-4-1-5-18(22)13-30(14-25(32)29-19-6-2-3-7-19)26(33)16-37(34)15-21(31)12-28-20-9-10-23-24(11-20)36-17-35-23/h1,4-5,8-11,19,28H,2-3,6-7,12-17H2,(H,29,32). The van der Waals surface area contributed by atoms with Crippen LogP contribution in [0.5, 0.6) is 11.5 Å². The highest BCUT2D eigenvalue weighted by molar-refractivity contribution is 7.86. The fourth-order valence-corrected chi connectivity index (χ4v) is 5.52. The van der Waals surface area contributed by atoms with E-state index in [1.54, 1.807) is 42.5 Å². The van der Waals surface area contributed by atoms with Crippen LogP contribution in [0.1, 0.15) is 31.2 Å². The van der Waals surface area contributed by atoms with Crippen molar-refractivity contribution in [2.45, 2.75) is 38.3 Å². The molecule has 198 valence electrons. The van der Waals surface area contributed by atoms with Crippen LogP contribution in [-0.2, 0) is 31.7 Å². The summed E-state index contributed by atoms with van der Waals surface area (Å²) >= 11 is 6.27. The molecule has 2 aliphatic rings. The first kappa shape index (κ1) is 26.9. The Hall–Kier alpha value is -3.11. The number of Topliss-reactive ketones (excluding diaryl/α,β-unsaturated/α-hetero) is 1. The number of benzene rings is 2. The lowest BCUT2D eigenvalue weighted by atomic mass is 10.2. The Labute approximate surface area is 223 Å². The van der Waals surface area contributed by atoms with Gasteiger partial charge in [-0.3, -0.25) is 18.6 Å². The van der Waals surface area contributed by atoms with Crippen molar-refractivity contribution in [3.05, 3.63) is 53.1 Å². The zero-order chi connectivity index (χ0) is 26.2. The molecule has 11 heteroatoms. The van der Waals surface area contributed by atoms with E-state index in [0.717, 1.165) is 25.7 Å². The smallest absolute Gasteiger partial charge is 0.239 e. The van der Waals surface area contributed by atoms with Gasteiger partial charge >= 0.3 is 0 Å². The maximum absolute atomic E-state index is 13.1. The number of nitrogens with zero attached hydrogens (tertiary/aromatic N) is 1. The second kappa shape index (κ2) is 12.9. The monoisotopic (exact) mass is 547 g/mol. The normalized spacial score (nSPS) is 15.3. The van der Waals surface area contributed by atoms with Crippen molar-refractivity contribution in [1.82, 2.24) is 10.2 Å². The molecular weight excluding hydrogens is 518 g/mol. The highest BCUT2D eigenvalue weighted by atomic mass is 35.5. The minimum atomic E-state index is -1.73. The number of nitrogens with one attached hydrogen (secondary N) is 2. The Morgan fingerprint density at radius 1 is 1.03 bits per heavy atom. The Balaban J connectivity index is 1.30. The summed E-state index contributed by atoms with van der Waals surface area (Å²) in [5.74, 6) is -0.468. The maximum Gasteiger partial charge on any atom is 0.239 e. The molecule has 0 spiro atoms. The first-order chi connectivity index (χ1) is 17.9. The van der Waals surface area contributed by atoms with Gasteiger partial charge in [0.05, 0.1) is 18.8 Å². The minimum Gasteiger partial charge on any atom is -0.454 e. The fraction of sp³-hybridized carbons (Fsp3) is 0.423. The average Bonchev–Trinajstić information content (AvgIpc) is 3.55. The van der Waals surface area contributed by atoms with Crippen molar-refractivity contribution in [3.8, 4) is 11.5 Å². The van der Waals surface area contributed by atoms with Crippen molar-refractivity contribution < 1.29 is 28.1 Å². The molecule has 2 aromatic carbocycles. The van der Waals surface area contributed by atoms with Crippen LogP contribution in [0.15, 0.2) is 42.5 Å². The quantitative estimate of drug-likeness (QED) is 0.420. The lowest BCUT2D eigenvalue weighted by molar-refractivity contribution is -0.134. The fourth-order valence-electron chi connectivity index (χ4n) is 4.30. The first-order valence-corrected chi connectivity index (χ1v) is 14.0. The van der Waals surface area contributed by atoms with Crippen molar-refractivity contribution >= 4 is 45.7 Å². The van der Waals surface area contributed by atoms with Gasteiger partial charge in [0.2, 0.25) is 18.6 Å². The molecule has 1 atom stereocenters. The van der Waals surface area contributed by atoms with Crippen molar-refractivity contribution in [3.63, 3.8) is 0 Å². The Kier molecular flexibility index (Phi) is 9.40. The number of hydrogen-bond acceptors (Lipinski definition) is 7. The molecule has 0 saturated heterocycles. The molecule has 2 aromatic rings. The number of rotatable bonds is 12. The first-order valence-electron chi connectivity index (χ1n) is 12.2. The third-order valence-corrected chi connectivity index (χ3v) is 7.78. The highest BCUT2D eigenvalue weighted by Gasteiger charge is 2.24. The predicted octanol–water partition coefficient (Wildman–Crippen LogP) is 2.89. The topological polar surface area (TPSA) is 114 Å². The van der Waals surface area contributed by atoms with Crippen LogP contribution in [0.2, 0.25) is 5.02 Å². The van der Waals surface area contributed by atoms with E-state index in [4.69, 9.17) is 21.1 Å². The predicted molar refractivity (Wildman–Crippen MR) is 141 cm³/mol. The number of anilines is 1. The third kappa shape index (κ3) is 7.93. The molecule has 0 aromatic heterocycles. The van der Waals surface area contributed by atoms with E-state index in [1.807, 2.05) is 0 Å². The molecule has 1 aliphatic carbocycles. The summed E-state index contributed by atoms with van der Waals surface area (Å²) in [5, 5.41) is 6.42. The zero-order valence-electron chi connectivity index (χ0n) is 20.4. The van der Waals surface area contributed by atoms with Crippen LogP contribution in [0.25, 0.3) is 0 Å². The summed E-state index contributed by atoms with van der Waals surface area (Å²) in [4.78, 5) is 39.5. The van der Waals surface area contributed by atoms with Gasteiger partial charge in [0.25, 0.3) is 0 Å². The van der Waals surface area contributed by atoms with Crippen LogP contribution in [0.3, 0.4) is 0 Å². The van der Waals surface area contributed by atoms with Gasteiger partial charge in [-0.25, -0.2) is 0 Å². The summed E-state index contributed by atoms with van der Waals surface area (Å²) in [6.07, 6.45) is 4.00. The summed E-state index contributed by atoms with van der Waals surface area (Å²) in [6, 6.07) is 12.4. The Morgan fingerprint density at radius 2 is 1.78 bits per heavy atom. The zero-order valence-corrected chi connectivity index (χ0v) is 21.9. The van der Waals surface area contributed by atoms with E-state index in [9.17, 15) is 18.6 Å². The molecular formula is C26H30ClN3O6S. The molecule has 37 heavy (non-hydrogen) atoms. The number of halogens is 1. The Bertz CT molecular complexity index is 1170. The number of hydrogen-bond donors (Lipinski definition) is 2. The van der Waals surface area contributed by atoms with Crippen LogP contribution >= 0.6 is 11.6 Å². The van der Waals surface area contributed by atoms with Gasteiger partial charge in [-0.05, 0) is 36.6 Å². The van der Waals surface area contributed by atoms with Crippen molar-refractivity contribution in [1.29, 1.82) is 0 Å². The van der Waals surface area contributed by atoms with Gasteiger partial charge in [0, 0.05) is 40.2 Å². The Morgan fingerprint density at radius 3 is 2.57 bits per heavy atom. The summed E-state index contributed by atoms with van der Waals surface area (Å²) in [7, 11) is -1.73. The lowest BCUT2D eigenvalue weighted by Gasteiger charge is -2.24.